The summed E-state index contributed by atoms with van der Waals surface area (Å²) in [5.74, 6) is -0.505. The van der Waals surface area contributed by atoms with Crippen LogP contribution in [0.5, 0.6) is 0 Å². The minimum absolute atomic E-state index is 0.190. The number of hydrogen-bond acceptors (Lipinski definition) is 6. The smallest absolute Gasteiger partial charge is 0.359 e. The lowest BCUT2D eigenvalue weighted by Gasteiger charge is -2.29. The van der Waals surface area contributed by atoms with E-state index in [9.17, 15) is 9.59 Å². The van der Waals surface area contributed by atoms with E-state index < -0.39 is 5.97 Å². The fraction of sp³-hybridized carbons (Fsp3) is 0.615. The van der Waals surface area contributed by atoms with Gasteiger partial charge in [-0.1, -0.05) is 0 Å². The zero-order valence-electron chi connectivity index (χ0n) is 12.0. The van der Waals surface area contributed by atoms with Crippen molar-refractivity contribution in [1.82, 2.24) is 9.78 Å². The number of aromatic nitrogens is 2. The van der Waals surface area contributed by atoms with E-state index in [-0.39, 0.29) is 17.9 Å². The summed E-state index contributed by atoms with van der Waals surface area (Å²) in [6.07, 6.45) is 0. The van der Waals surface area contributed by atoms with Crippen LogP contribution in [0.4, 0.5) is 5.69 Å². The van der Waals surface area contributed by atoms with E-state index in [0.29, 0.717) is 37.6 Å². The number of nitrogens with zero attached hydrogens (tertiary/aromatic N) is 3. The molecule has 0 radical (unpaired) electrons. The third kappa shape index (κ3) is 2.67. The Morgan fingerprint density at radius 1 is 1.40 bits per heavy atom. The second-order valence-electron chi connectivity index (χ2n) is 4.57. The van der Waals surface area contributed by atoms with E-state index in [1.54, 1.807) is 13.8 Å². The van der Waals surface area contributed by atoms with Crippen LogP contribution < -0.4 is 10.5 Å². The normalized spacial score (nSPS) is 15.2. The first-order chi connectivity index (χ1) is 9.56. The van der Waals surface area contributed by atoms with Gasteiger partial charge in [0.2, 0.25) is 0 Å². The van der Waals surface area contributed by atoms with E-state index >= 15 is 0 Å². The maximum atomic E-state index is 12.3. The summed E-state index contributed by atoms with van der Waals surface area (Å²) in [6.45, 7) is 6.13. The van der Waals surface area contributed by atoms with Crippen LogP contribution in [0.3, 0.4) is 0 Å². The largest absolute Gasteiger partial charge is 0.461 e. The Balaban J connectivity index is 2.49. The molecule has 0 bridgehead atoms. The number of ether oxygens (including phenoxy) is 2. The lowest BCUT2D eigenvalue weighted by molar-refractivity contribution is 0.0515. The molecule has 0 unspecified atom stereocenters. The van der Waals surface area contributed by atoms with Crippen molar-refractivity contribution in [1.29, 1.82) is 0 Å². The zero-order valence-corrected chi connectivity index (χ0v) is 12.0. The summed E-state index contributed by atoms with van der Waals surface area (Å²) in [7, 11) is 1.54. The number of aryl methyl sites for hydroxylation is 1. The lowest BCUT2D eigenvalue weighted by Crippen LogP contribution is -2.42. The summed E-state index contributed by atoms with van der Waals surface area (Å²) >= 11 is 0. The fourth-order valence-electron chi connectivity index (χ4n) is 2.25. The van der Waals surface area contributed by atoms with E-state index in [1.807, 2.05) is 4.90 Å². The zero-order chi connectivity index (χ0) is 14.7. The van der Waals surface area contributed by atoms with Crippen LogP contribution in [0, 0.1) is 6.92 Å². The summed E-state index contributed by atoms with van der Waals surface area (Å²) in [4.78, 5) is 26.1. The number of anilines is 1. The molecule has 2 rings (SSSR count). The predicted molar refractivity (Wildman–Crippen MR) is 73.2 cm³/mol. The van der Waals surface area contributed by atoms with Gasteiger partial charge in [0.05, 0.1) is 19.8 Å². The van der Waals surface area contributed by atoms with Crippen LogP contribution in [0.15, 0.2) is 4.79 Å². The van der Waals surface area contributed by atoms with Crippen molar-refractivity contribution in [2.45, 2.75) is 13.8 Å². The third-order valence-electron chi connectivity index (χ3n) is 3.25. The molecule has 1 aliphatic heterocycles. The van der Waals surface area contributed by atoms with Crippen LogP contribution in [0.2, 0.25) is 0 Å². The van der Waals surface area contributed by atoms with Crippen molar-refractivity contribution in [3.8, 4) is 0 Å². The second kappa shape index (κ2) is 6.04. The Morgan fingerprint density at radius 3 is 2.65 bits per heavy atom. The van der Waals surface area contributed by atoms with Gasteiger partial charge in [0.15, 0.2) is 5.69 Å². The Labute approximate surface area is 117 Å². The molecule has 0 amide bonds. The molecule has 7 nitrogen and oxygen atoms in total. The molecular weight excluding hydrogens is 262 g/mol. The number of esters is 1. The van der Waals surface area contributed by atoms with Crippen LogP contribution >= 0.6 is 0 Å². The highest BCUT2D eigenvalue weighted by Gasteiger charge is 2.24. The van der Waals surface area contributed by atoms with Crippen molar-refractivity contribution in [2.24, 2.45) is 7.05 Å². The van der Waals surface area contributed by atoms with Crippen molar-refractivity contribution in [3.05, 3.63) is 21.6 Å². The molecule has 0 atom stereocenters. The topological polar surface area (TPSA) is 73.7 Å². The first kappa shape index (κ1) is 14.5. The summed E-state index contributed by atoms with van der Waals surface area (Å²) in [5.41, 5.74) is 1.05. The minimum atomic E-state index is -0.505. The highest BCUT2D eigenvalue weighted by atomic mass is 16.5. The van der Waals surface area contributed by atoms with Crippen molar-refractivity contribution >= 4 is 11.7 Å². The van der Waals surface area contributed by atoms with Gasteiger partial charge in [-0.05, 0) is 13.8 Å². The van der Waals surface area contributed by atoms with Crippen LogP contribution in [-0.2, 0) is 16.5 Å². The highest BCUT2D eigenvalue weighted by molar-refractivity contribution is 5.90. The first-order valence-electron chi connectivity index (χ1n) is 6.64. The van der Waals surface area contributed by atoms with Gasteiger partial charge in [-0.15, -0.1) is 0 Å². The number of carbonyl (C=O) groups is 1. The van der Waals surface area contributed by atoms with Crippen molar-refractivity contribution in [3.63, 3.8) is 0 Å². The molecule has 7 heteroatoms. The molecule has 0 N–H and O–H groups in total. The molecule has 20 heavy (non-hydrogen) atoms. The van der Waals surface area contributed by atoms with Gasteiger partial charge < -0.3 is 14.4 Å². The van der Waals surface area contributed by atoms with Crippen LogP contribution in [0.1, 0.15) is 23.0 Å². The van der Waals surface area contributed by atoms with E-state index in [4.69, 9.17) is 9.47 Å². The van der Waals surface area contributed by atoms with Gasteiger partial charge in [0.1, 0.15) is 5.69 Å². The Bertz CT molecular complexity index is 561. The molecule has 1 aromatic rings. The molecule has 0 saturated carbocycles. The quantitative estimate of drug-likeness (QED) is 0.732. The van der Waals surface area contributed by atoms with Gasteiger partial charge in [0, 0.05) is 25.7 Å². The number of hydrogen-bond donors (Lipinski definition) is 0. The van der Waals surface area contributed by atoms with E-state index in [1.165, 1.54) is 11.7 Å². The molecule has 2 heterocycles. The Kier molecular flexibility index (Phi) is 4.39. The Morgan fingerprint density at radius 2 is 2.05 bits per heavy atom. The molecule has 1 aliphatic rings. The average molecular weight is 281 g/mol. The average Bonchev–Trinajstić information content (AvgIpc) is 2.44. The first-order valence-corrected chi connectivity index (χ1v) is 6.64. The Hall–Kier alpha value is -1.89. The van der Waals surface area contributed by atoms with Crippen molar-refractivity contribution in [2.75, 3.05) is 37.8 Å². The van der Waals surface area contributed by atoms with Crippen molar-refractivity contribution < 1.29 is 14.3 Å². The van der Waals surface area contributed by atoms with Crippen LogP contribution in [-0.4, -0.2) is 48.7 Å². The molecular formula is C13H19N3O4. The monoisotopic (exact) mass is 281 g/mol. The summed E-state index contributed by atoms with van der Waals surface area (Å²) < 4.78 is 11.5. The number of rotatable bonds is 3. The number of carbonyl (C=O) groups excluding carboxylic acids is 1. The molecule has 0 spiro atoms. The van der Waals surface area contributed by atoms with E-state index in [0.717, 1.165) is 0 Å². The van der Waals surface area contributed by atoms with Gasteiger partial charge in [-0.2, -0.15) is 5.10 Å². The van der Waals surface area contributed by atoms with Gasteiger partial charge in [-0.25, -0.2) is 9.48 Å². The fourth-order valence-corrected chi connectivity index (χ4v) is 2.25. The third-order valence-corrected chi connectivity index (χ3v) is 3.25. The van der Waals surface area contributed by atoms with E-state index in [2.05, 4.69) is 5.10 Å². The predicted octanol–water partition coefficient (Wildman–Crippen LogP) is 0.102. The summed E-state index contributed by atoms with van der Waals surface area (Å²) in [6, 6.07) is 0. The number of morpholine rings is 1. The second-order valence-corrected chi connectivity index (χ2v) is 4.57. The minimum Gasteiger partial charge on any atom is -0.461 e. The summed E-state index contributed by atoms with van der Waals surface area (Å²) in [5, 5.41) is 4.02. The maximum absolute atomic E-state index is 12.3. The molecule has 0 aliphatic carbocycles. The molecule has 110 valence electrons. The standard InChI is InChI=1S/C13H19N3O4/c1-4-20-13(18)10-9(2)11(12(17)15(3)14-10)16-5-7-19-8-6-16/h4-8H2,1-3H3. The molecule has 1 saturated heterocycles. The van der Waals surface area contributed by atoms with Gasteiger partial charge in [-0.3, -0.25) is 4.79 Å². The lowest BCUT2D eigenvalue weighted by atomic mass is 10.1. The van der Waals surface area contributed by atoms with Gasteiger partial charge >= 0.3 is 5.97 Å². The van der Waals surface area contributed by atoms with Crippen LogP contribution in [0.25, 0.3) is 0 Å². The molecule has 0 aromatic carbocycles. The maximum Gasteiger partial charge on any atom is 0.359 e. The van der Waals surface area contributed by atoms with Gasteiger partial charge in [0.25, 0.3) is 5.56 Å². The molecule has 1 fully saturated rings. The highest BCUT2D eigenvalue weighted by Crippen LogP contribution is 2.19. The SMILES string of the molecule is CCOC(=O)c1nn(C)c(=O)c(N2CCOCC2)c1C. The molecule has 1 aromatic heterocycles.